The highest BCUT2D eigenvalue weighted by Crippen LogP contribution is 2.17. The topological polar surface area (TPSA) is 3.24 Å². The Morgan fingerprint density at radius 3 is 2.75 bits per heavy atom. The van der Waals surface area contributed by atoms with Gasteiger partial charge in [0.25, 0.3) is 0 Å². The van der Waals surface area contributed by atoms with Crippen LogP contribution in [0.2, 0.25) is 0 Å². The van der Waals surface area contributed by atoms with Crippen molar-refractivity contribution in [2.24, 2.45) is 0 Å². The van der Waals surface area contributed by atoms with Crippen molar-refractivity contribution in [1.82, 2.24) is 4.90 Å². The molecule has 1 saturated heterocycles. The van der Waals surface area contributed by atoms with E-state index >= 15 is 0 Å². The maximum atomic E-state index is 2.46. The summed E-state index contributed by atoms with van der Waals surface area (Å²) >= 11 is 0. The van der Waals surface area contributed by atoms with Gasteiger partial charge in [-0.25, -0.2) is 0 Å². The Kier molecular flexibility index (Phi) is 2.31. The first kappa shape index (κ1) is 7.66. The lowest BCUT2D eigenvalue weighted by atomic mass is 10.3. The molecule has 2 rings (SSSR count). The molecule has 2 aliphatic rings. The minimum absolute atomic E-state index is 1.08. The highest BCUT2D eigenvalue weighted by atomic mass is 15.1. The molecule has 64 valence electrons. The van der Waals surface area contributed by atoms with E-state index in [4.69, 9.17) is 0 Å². The molecule has 0 aromatic carbocycles. The standard InChI is InChI=1S/C11H15N/c1-2-4-8-11(7-3-1)12-9-5-6-10-12/h1,3-4,7-8H,2,5-6,9-10H2. The largest absolute Gasteiger partial charge is 0.372 e. The van der Waals surface area contributed by atoms with Crippen molar-refractivity contribution < 1.29 is 0 Å². The quantitative estimate of drug-likeness (QED) is 0.571. The Labute approximate surface area is 74.1 Å². The predicted octanol–water partition coefficient (Wildman–Crippen LogP) is 2.48. The minimum Gasteiger partial charge on any atom is -0.372 e. The van der Waals surface area contributed by atoms with E-state index in [1.807, 2.05) is 0 Å². The van der Waals surface area contributed by atoms with Gasteiger partial charge in [0.1, 0.15) is 0 Å². The summed E-state index contributed by atoms with van der Waals surface area (Å²) in [5.74, 6) is 0. The van der Waals surface area contributed by atoms with E-state index < -0.39 is 0 Å². The van der Waals surface area contributed by atoms with E-state index in [-0.39, 0.29) is 0 Å². The molecule has 12 heavy (non-hydrogen) atoms. The van der Waals surface area contributed by atoms with E-state index in [0.29, 0.717) is 0 Å². The van der Waals surface area contributed by atoms with Crippen LogP contribution in [-0.2, 0) is 0 Å². The van der Waals surface area contributed by atoms with Crippen molar-refractivity contribution in [3.05, 3.63) is 36.1 Å². The lowest BCUT2D eigenvalue weighted by Crippen LogP contribution is -2.16. The van der Waals surface area contributed by atoms with Crippen LogP contribution in [0.25, 0.3) is 0 Å². The summed E-state index contributed by atoms with van der Waals surface area (Å²) in [6.07, 6.45) is 14.8. The monoisotopic (exact) mass is 161 g/mol. The fourth-order valence-corrected chi connectivity index (χ4v) is 1.75. The zero-order chi connectivity index (χ0) is 8.23. The Hall–Kier alpha value is -0.980. The van der Waals surface area contributed by atoms with Crippen LogP contribution in [0, 0.1) is 0 Å². The molecule has 1 nitrogen and oxygen atoms in total. The minimum atomic E-state index is 1.08. The van der Waals surface area contributed by atoms with Crippen molar-refractivity contribution in [2.75, 3.05) is 13.1 Å². The van der Waals surface area contributed by atoms with E-state index in [1.54, 1.807) is 0 Å². The molecule has 1 fully saturated rings. The van der Waals surface area contributed by atoms with Gasteiger partial charge in [-0.1, -0.05) is 18.2 Å². The average molecular weight is 161 g/mol. The lowest BCUT2D eigenvalue weighted by Gasteiger charge is -2.17. The van der Waals surface area contributed by atoms with Crippen LogP contribution in [0.15, 0.2) is 36.1 Å². The van der Waals surface area contributed by atoms with Gasteiger partial charge in [0, 0.05) is 18.8 Å². The summed E-state index contributed by atoms with van der Waals surface area (Å²) in [4.78, 5) is 2.46. The number of rotatable bonds is 1. The number of allylic oxidation sites excluding steroid dienone is 5. The van der Waals surface area contributed by atoms with Gasteiger partial charge in [-0.15, -0.1) is 0 Å². The fraction of sp³-hybridized carbons (Fsp3) is 0.455. The van der Waals surface area contributed by atoms with Crippen LogP contribution < -0.4 is 0 Å². The van der Waals surface area contributed by atoms with Crippen molar-refractivity contribution in [1.29, 1.82) is 0 Å². The third kappa shape index (κ3) is 1.60. The third-order valence-corrected chi connectivity index (χ3v) is 2.44. The number of likely N-dealkylation sites (tertiary alicyclic amines) is 1. The molecule has 1 heterocycles. The summed E-state index contributed by atoms with van der Waals surface area (Å²) in [7, 11) is 0. The summed E-state index contributed by atoms with van der Waals surface area (Å²) in [6, 6.07) is 0. The smallest absolute Gasteiger partial charge is 0.0362 e. The number of nitrogens with zero attached hydrogens (tertiary/aromatic N) is 1. The molecule has 0 amide bonds. The van der Waals surface area contributed by atoms with Crippen LogP contribution in [0.5, 0.6) is 0 Å². The SMILES string of the molecule is C1=CCC=CC(N2CCCC2)=C1. The summed E-state index contributed by atoms with van der Waals surface area (Å²) in [6.45, 7) is 2.48. The predicted molar refractivity (Wildman–Crippen MR) is 51.8 cm³/mol. The van der Waals surface area contributed by atoms with Gasteiger partial charge in [0.15, 0.2) is 0 Å². The van der Waals surface area contributed by atoms with Crippen LogP contribution in [0.3, 0.4) is 0 Å². The Balaban J connectivity index is 2.09. The van der Waals surface area contributed by atoms with E-state index in [9.17, 15) is 0 Å². The zero-order valence-electron chi connectivity index (χ0n) is 7.37. The zero-order valence-corrected chi connectivity index (χ0v) is 7.37. The molecule has 0 bridgehead atoms. The number of hydrogen-bond donors (Lipinski definition) is 0. The molecular weight excluding hydrogens is 146 g/mol. The van der Waals surface area contributed by atoms with Crippen LogP contribution in [-0.4, -0.2) is 18.0 Å². The molecule has 0 aromatic rings. The second-order valence-electron chi connectivity index (χ2n) is 3.35. The lowest BCUT2D eigenvalue weighted by molar-refractivity contribution is 0.440. The molecule has 1 heteroatoms. The van der Waals surface area contributed by atoms with Gasteiger partial charge < -0.3 is 4.90 Å². The van der Waals surface area contributed by atoms with Crippen molar-refractivity contribution in [3.63, 3.8) is 0 Å². The van der Waals surface area contributed by atoms with Crippen molar-refractivity contribution in [2.45, 2.75) is 19.3 Å². The van der Waals surface area contributed by atoms with Gasteiger partial charge in [0.2, 0.25) is 0 Å². The summed E-state index contributed by atoms with van der Waals surface area (Å²) in [5, 5.41) is 0. The van der Waals surface area contributed by atoms with E-state index in [1.165, 1.54) is 31.6 Å². The van der Waals surface area contributed by atoms with Gasteiger partial charge >= 0.3 is 0 Å². The molecule has 1 aliphatic heterocycles. The normalized spacial score (nSPS) is 22.7. The Morgan fingerprint density at radius 1 is 1.08 bits per heavy atom. The van der Waals surface area contributed by atoms with Gasteiger partial charge in [-0.3, -0.25) is 0 Å². The van der Waals surface area contributed by atoms with E-state index in [2.05, 4.69) is 35.3 Å². The first-order valence-electron chi connectivity index (χ1n) is 4.75. The maximum absolute atomic E-state index is 2.46. The first-order chi connectivity index (χ1) is 5.97. The first-order valence-corrected chi connectivity index (χ1v) is 4.75. The fourth-order valence-electron chi connectivity index (χ4n) is 1.75. The summed E-state index contributed by atoms with van der Waals surface area (Å²) < 4.78 is 0. The highest BCUT2D eigenvalue weighted by molar-refractivity contribution is 5.26. The number of hydrogen-bond acceptors (Lipinski definition) is 1. The molecule has 0 atom stereocenters. The van der Waals surface area contributed by atoms with Crippen LogP contribution >= 0.6 is 0 Å². The van der Waals surface area contributed by atoms with Gasteiger partial charge in [0.05, 0.1) is 0 Å². The molecule has 0 radical (unpaired) electrons. The molecule has 1 aliphatic carbocycles. The summed E-state index contributed by atoms with van der Waals surface area (Å²) in [5.41, 5.74) is 1.39. The van der Waals surface area contributed by atoms with Gasteiger partial charge in [-0.2, -0.15) is 0 Å². The molecule has 0 unspecified atom stereocenters. The third-order valence-electron chi connectivity index (χ3n) is 2.44. The second kappa shape index (κ2) is 3.61. The van der Waals surface area contributed by atoms with E-state index in [0.717, 1.165) is 6.42 Å². The average Bonchev–Trinajstić information content (AvgIpc) is 2.48. The molecule has 0 N–H and O–H groups in total. The highest BCUT2D eigenvalue weighted by Gasteiger charge is 2.12. The van der Waals surface area contributed by atoms with Gasteiger partial charge in [-0.05, 0) is 31.4 Å². The molecule has 0 spiro atoms. The molecule has 0 aromatic heterocycles. The van der Waals surface area contributed by atoms with Crippen molar-refractivity contribution >= 4 is 0 Å². The maximum Gasteiger partial charge on any atom is 0.0362 e. The van der Waals surface area contributed by atoms with Crippen LogP contribution in [0.4, 0.5) is 0 Å². The molecular formula is C11H15N. The second-order valence-corrected chi connectivity index (χ2v) is 3.35. The van der Waals surface area contributed by atoms with Crippen molar-refractivity contribution in [3.8, 4) is 0 Å². The van der Waals surface area contributed by atoms with Crippen LogP contribution in [0.1, 0.15) is 19.3 Å². The molecule has 0 saturated carbocycles. The Morgan fingerprint density at radius 2 is 1.92 bits per heavy atom. The Bertz CT molecular complexity index is 229.